The SMILES string of the molecule is CN1CCC(CCN)c2cc(O)ccc21. The number of fused-ring (bicyclic) bond motifs is 1. The van der Waals surface area contributed by atoms with Gasteiger partial charge in [-0.15, -0.1) is 0 Å². The zero-order chi connectivity index (χ0) is 10.8. The molecule has 0 aliphatic carbocycles. The van der Waals surface area contributed by atoms with Crippen molar-refractivity contribution in [2.24, 2.45) is 5.73 Å². The summed E-state index contributed by atoms with van der Waals surface area (Å²) in [5.74, 6) is 0.861. The van der Waals surface area contributed by atoms with Crippen molar-refractivity contribution in [2.45, 2.75) is 18.8 Å². The number of phenolic OH excluding ortho intramolecular Hbond substituents is 1. The van der Waals surface area contributed by atoms with Gasteiger partial charge in [0.25, 0.3) is 0 Å². The normalized spacial score (nSPS) is 20.1. The van der Waals surface area contributed by atoms with E-state index < -0.39 is 0 Å². The molecule has 0 bridgehead atoms. The molecule has 1 heterocycles. The van der Waals surface area contributed by atoms with Crippen LogP contribution < -0.4 is 10.6 Å². The highest BCUT2D eigenvalue weighted by molar-refractivity contribution is 5.58. The number of nitrogens with zero attached hydrogens (tertiary/aromatic N) is 1. The van der Waals surface area contributed by atoms with Gasteiger partial charge in [0, 0.05) is 19.3 Å². The lowest BCUT2D eigenvalue weighted by Crippen LogP contribution is -2.28. The van der Waals surface area contributed by atoms with Crippen molar-refractivity contribution >= 4 is 5.69 Å². The molecule has 1 atom stereocenters. The molecule has 1 aliphatic heterocycles. The summed E-state index contributed by atoms with van der Waals surface area (Å²) in [7, 11) is 2.09. The summed E-state index contributed by atoms with van der Waals surface area (Å²) in [5, 5.41) is 9.51. The Morgan fingerprint density at radius 1 is 1.53 bits per heavy atom. The average Bonchev–Trinajstić information content (AvgIpc) is 2.22. The van der Waals surface area contributed by atoms with Crippen LogP contribution in [0.5, 0.6) is 5.75 Å². The van der Waals surface area contributed by atoms with Crippen molar-refractivity contribution in [3.05, 3.63) is 23.8 Å². The van der Waals surface area contributed by atoms with Crippen molar-refractivity contribution in [1.29, 1.82) is 0 Å². The van der Waals surface area contributed by atoms with Gasteiger partial charge in [0.05, 0.1) is 0 Å². The van der Waals surface area contributed by atoms with E-state index in [0.717, 1.165) is 19.4 Å². The molecule has 1 unspecified atom stereocenters. The number of phenols is 1. The van der Waals surface area contributed by atoms with E-state index in [-0.39, 0.29) is 0 Å². The minimum Gasteiger partial charge on any atom is -0.508 e. The smallest absolute Gasteiger partial charge is 0.116 e. The molecular formula is C12H18N2O. The van der Waals surface area contributed by atoms with Crippen LogP contribution in [0.1, 0.15) is 24.3 Å². The van der Waals surface area contributed by atoms with Gasteiger partial charge >= 0.3 is 0 Å². The van der Waals surface area contributed by atoms with E-state index in [1.54, 1.807) is 6.07 Å². The Morgan fingerprint density at radius 2 is 2.33 bits per heavy atom. The van der Waals surface area contributed by atoms with Gasteiger partial charge in [-0.1, -0.05) is 0 Å². The van der Waals surface area contributed by atoms with E-state index in [1.165, 1.54) is 11.3 Å². The van der Waals surface area contributed by atoms with Gasteiger partial charge in [-0.05, 0) is 49.1 Å². The molecule has 0 aromatic heterocycles. The summed E-state index contributed by atoms with van der Waals surface area (Å²) >= 11 is 0. The molecule has 3 heteroatoms. The fourth-order valence-corrected chi connectivity index (χ4v) is 2.34. The second kappa shape index (κ2) is 4.11. The quantitative estimate of drug-likeness (QED) is 0.773. The van der Waals surface area contributed by atoms with E-state index in [2.05, 4.69) is 11.9 Å². The van der Waals surface area contributed by atoms with Gasteiger partial charge in [0.1, 0.15) is 5.75 Å². The van der Waals surface area contributed by atoms with Crippen LogP contribution in [0.15, 0.2) is 18.2 Å². The fraction of sp³-hybridized carbons (Fsp3) is 0.500. The third kappa shape index (κ3) is 1.92. The van der Waals surface area contributed by atoms with Crippen LogP contribution in [0.3, 0.4) is 0 Å². The summed E-state index contributed by atoms with van der Waals surface area (Å²) in [6, 6.07) is 5.62. The Morgan fingerprint density at radius 3 is 3.07 bits per heavy atom. The third-order valence-corrected chi connectivity index (χ3v) is 3.19. The van der Waals surface area contributed by atoms with Crippen LogP contribution in [0.4, 0.5) is 5.69 Å². The summed E-state index contributed by atoms with van der Waals surface area (Å²) in [6.45, 7) is 1.78. The van der Waals surface area contributed by atoms with E-state index in [9.17, 15) is 5.11 Å². The number of hydrogen-bond acceptors (Lipinski definition) is 3. The van der Waals surface area contributed by atoms with E-state index in [0.29, 0.717) is 18.2 Å². The van der Waals surface area contributed by atoms with Crippen LogP contribution in [0, 0.1) is 0 Å². The van der Waals surface area contributed by atoms with Crippen LogP contribution >= 0.6 is 0 Å². The number of anilines is 1. The maximum absolute atomic E-state index is 9.51. The Kier molecular flexibility index (Phi) is 2.82. The highest BCUT2D eigenvalue weighted by Gasteiger charge is 2.22. The molecule has 1 aromatic carbocycles. The number of rotatable bonds is 2. The van der Waals surface area contributed by atoms with E-state index in [4.69, 9.17) is 5.73 Å². The Labute approximate surface area is 90.5 Å². The predicted molar refractivity (Wildman–Crippen MR) is 62.4 cm³/mol. The molecule has 0 saturated heterocycles. The lowest BCUT2D eigenvalue weighted by molar-refractivity contribution is 0.471. The zero-order valence-corrected chi connectivity index (χ0v) is 9.11. The van der Waals surface area contributed by atoms with E-state index in [1.807, 2.05) is 12.1 Å². The second-order valence-electron chi connectivity index (χ2n) is 4.23. The second-order valence-corrected chi connectivity index (χ2v) is 4.23. The lowest BCUT2D eigenvalue weighted by atomic mass is 9.87. The number of aromatic hydroxyl groups is 1. The van der Waals surface area contributed by atoms with Crippen molar-refractivity contribution < 1.29 is 5.11 Å². The predicted octanol–water partition coefficient (Wildman–Crippen LogP) is 1.66. The van der Waals surface area contributed by atoms with Crippen LogP contribution in [-0.4, -0.2) is 25.2 Å². The minimum absolute atomic E-state index is 0.353. The standard InChI is InChI=1S/C12H18N2O/c1-14-7-5-9(4-6-13)11-8-10(15)2-3-12(11)14/h2-3,8-9,15H,4-7,13H2,1H3. The zero-order valence-electron chi connectivity index (χ0n) is 9.11. The van der Waals surface area contributed by atoms with Gasteiger partial charge in [0.15, 0.2) is 0 Å². The molecule has 3 N–H and O–H groups in total. The first-order chi connectivity index (χ1) is 7.22. The molecule has 3 nitrogen and oxygen atoms in total. The first-order valence-corrected chi connectivity index (χ1v) is 5.46. The highest BCUT2D eigenvalue weighted by Crippen LogP contribution is 2.37. The monoisotopic (exact) mass is 206 g/mol. The van der Waals surface area contributed by atoms with Crippen LogP contribution in [0.25, 0.3) is 0 Å². The highest BCUT2D eigenvalue weighted by atomic mass is 16.3. The molecular weight excluding hydrogens is 188 g/mol. The van der Waals surface area contributed by atoms with Gasteiger partial charge in [-0.25, -0.2) is 0 Å². The maximum Gasteiger partial charge on any atom is 0.116 e. The fourth-order valence-electron chi connectivity index (χ4n) is 2.34. The first-order valence-electron chi connectivity index (χ1n) is 5.46. The molecule has 0 amide bonds. The Hall–Kier alpha value is -1.22. The van der Waals surface area contributed by atoms with Crippen LogP contribution in [0.2, 0.25) is 0 Å². The molecule has 0 saturated carbocycles. The number of nitrogens with two attached hydrogens (primary N) is 1. The summed E-state index contributed by atoms with van der Waals surface area (Å²) in [6.07, 6.45) is 2.13. The molecule has 2 rings (SSSR count). The lowest BCUT2D eigenvalue weighted by Gasteiger charge is -2.33. The molecule has 0 spiro atoms. The molecule has 82 valence electrons. The Bertz CT molecular complexity index is 351. The van der Waals surface area contributed by atoms with E-state index >= 15 is 0 Å². The van der Waals surface area contributed by atoms with Crippen molar-refractivity contribution in [1.82, 2.24) is 0 Å². The minimum atomic E-state index is 0.353. The Balaban J connectivity index is 2.37. The molecule has 0 fully saturated rings. The van der Waals surface area contributed by atoms with Gasteiger partial charge in [-0.2, -0.15) is 0 Å². The number of hydrogen-bond donors (Lipinski definition) is 2. The third-order valence-electron chi connectivity index (χ3n) is 3.19. The van der Waals surface area contributed by atoms with Crippen molar-refractivity contribution in [3.8, 4) is 5.75 Å². The van der Waals surface area contributed by atoms with Crippen molar-refractivity contribution in [3.63, 3.8) is 0 Å². The summed E-state index contributed by atoms with van der Waals surface area (Å²) in [4.78, 5) is 2.24. The largest absolute Gasteiger partial charge is 0.508 e. The van der Waals surface area contributed by atoms with Crippen molar-refractivity contribution in [2.75, 3.05) is 25.0 Å². The topological polar surface area (TPSA) is 49.5 Å². The van der Waals surface area contributed by atoms with Gasteiger partial charge < -0.3 is 15.7 Å². The molecule has 1 aliphatic rings. The number of benzene rings is 1. The summed E-state index contributed by atoms with van der Waals surface area (Å²) < 4.78 is 0. The van der Waals surface area contributed by atoms with Gasteiger partial charge in [0.2, 0.25) is 0 Å². The van der Waals surface area contributed by atoms with Crippen LogP contribution in [-0.2, 0) is 0 Å². The van der Waals surface area contributed by atoms with Gasteiger partial charge in [-0.3, -0.25) is 0 Å². The molecule has 15 heavy (non-hydrogen) atoms. The first kappa shape index (κ1) is 10.3. The molecule has 1 aromatic rings. The summed E-state index contributed by atoms with van der Waals surface area (Å²) in [5.41, 5.74) is 8.09. The average molecular weight is 206 g/mol. The molecule has 0 radical (unpaired) electrons. The maximum atomic E-state index is 9.51.